The molecule has 3 rings (SSSR count). The van der Waals surface area contributed by atoms with Gasteiger partial charge in [0.25, 0.3) is 0 Å². The molecule has 26 heavy (non-hydrogen) atoms. The molecule has 2 aromatic rings. The first kappa shape index (κ1) is 18.5. The van der Waals surface area contributed by atoms with Crippen LogP contribution in [0.2, 0.25) is 0 Å². The SMILES string of the molecule is Cc1cc(CC(=O)N2CCOC(CO)(Cc3ccccc3F)C2)ccn1. The molecule has 1 N–H and O–H groups in total. The van der Waals surface area contributed by atoms with Crippen molar-refractivity contribution in [3.05, 3.63) is 65.2 Å². The lowest BCUT2D eigenvalue weighted by molar-refractivity contribution is -0.157. The Labute approximate surface area is 152 Å². The quantitative estimate of drug-likeness (QED) is 0.887. The lowest BCUT2D eigenvalue weighted by Crippen LogP contribution is -2.57. The van der Waals surface area contributed by atoms with Gasteiger partial charge in [0.15, 0.2) is 0 Å². The number of aliphatic hydroxyl groups excluding tert-OH is 1. The second kappa shape index (κ2) is 7.93. The van der Waals surface area contributed by atoms with E-state index in [1.807, 2.05) is 19.1 Å². The van der Waals surface area contributed by atoms with Gasteiger partial charge < -0.3 is 14.7 Å². The van der Waals surface area contributed by atoms with Crippen LogP contribution in [-0.2, 0) is 22.4 Å². The first-order chi connectivity index (χ1) is 12.5. The molecule has 0 aliphatic carbocycles. The van der Waals surface area contributed by atoms with Gasteiger partial charge >= 0.3 is 0 Å². The van der Waals surface area contributed by atoms with Gasteiger partial charge in [-0.05, 0) is 36.2 Å². The molecule has 5 nitrogen and oxygen atoms in total. The molecular weight excluding hydrogens is 335 g/mol. The van der Waals surface area contributed by atoms with E-state index in [0.29, 0.717) is 18.7 Å². The van der Waals surface area contributed by atoms with Crippen LogP contribution in [0.1, 0.15) is 16.8 Å². The Balaban J connectivity index is 1.72. The van der Waals surface area contributed by atoms with Gasteiger partial charge in [-0.1, -0.05) is 18.2 Å². The van der Waals surface area contributed by atoms with Crippen LogP contribution in [0.3, 0.4) is 0 Å². The first-order valence-electron chi connectivity index (χ1n) is 8.69. The van der Waals surface area contributed by atoms with Gasteiger partial charge in [-0.25, -0.2) is 4.39 Å². The maximum absolute atomic E-state index is 14.0. The number of aryl methyl sites for hydroxylation is 1. The van der Waals surface area contributed by atoms with E-state index < -0.39 is 5.60 Å². The van der Waals surface area contributed by atoms with Crippen LogP contribution in [-0.4, -0.2) is 52.8 Å². The van der Waals surface area contributed by atoms with E-state index in [2.05, 4.69) is 4.98 Å². The van der Waals surface area contributed by atoms with Gasteiger partial charge in [0.05, 0.1) is 26.2 Å². The highest BCUT2D eigenvalue weighted by Gasteiger charge is 2.38. The fourth-order valence-corrected chi connectivity index (χ4v) is 3.31. The van der Waals surface area contributed by atoms with E-state index in [-0.39, 0.29) is 37.7 Å². The Morgan fingerprint density at radius 2 is 2.19 bits per heavy atom. The van der Waals surface area contributed by atoms with Crippen molar-refractivity contribution >= 4 is 5.91 Å². The summed E-state index contributed by atoms with van der Waals surface area (Å²) < 4.78 is 19.8. The molecule has 1 aromatic carbocycles. The maximum Gasteiger partial charge on any atom is 0.227 e. The van der Waals surface area contributed by atoms with Crippen LogP contribution in [0, 0.1) is 12.7 Å². The van der Waals surface area contributed by atoms with E-state index >= 15 is 0 Å². The molecule has 1 saturated heterocycles. The molecule has 1 amide bonds. The molecule has 0 saturated carbocycles. The van der Waals surface area contributed by atoms with Crippen molar-refractivity contribution in [3.8, 4) is 0 Å². The lowest BCUT2D eigenvalue weighted by Gasteiger charge is -2.42. The van der Waals surface area contributed by atoms with Crippen molar-refractivity contribution in [2.75, 3.05) is 26.3 Å². The molecule has 138 valence electrons. The Bertz CT molecular complexity index is 783. The van der Waals surface area contributed by atoms with E-state index in [1.165, 1.54) is 6.07 Å². The number of aromatic nitrogens is 1. The Morgan fingerprint density at radius 3 is 2.92 bits per heavy atom. The smallest absolute Gasteiger partial charge is 0.227 e. The van der Waals surface area contributed by atoms with Gasteiger partial charge in [0.1, 0.15) is 11.4 Å². The fourth-order valence-electron chi connectivity index (χ4n) is 3.31. The molecule has 1 aliphatic heterocycles. The van der Waals surface area contributed by atoms with Crippen LogP contribution < -0.4 is 0 Å². The van der Waals surface area contributed by atoms with Crippen molar-refractivity contribution in [1.29, 1.82) is 0 Å². The lowest BCUT2D eigenvalue weighted by atomic mass is 9.92. The zero-order valence-electron chi connectivity index (χ0n) is 14.8. The average Bonchev–Trinajstić information content (AvgIpc) is 2.64. The van der Waals surface area contributed by atoms with Crippen LogP contribution >= 0.6 is 0 Å². The number of carbonyl (C=O) groups is 1. The molecular formula is C20H23FN2O3. The largest absolute Gasteiger partial charge is 0.393 e. The number of hydrogen-bond donors (Lipinski definition) is 1. The van der Waals surface area contributed by atoms with Crippen LogP contribution in [0.15, 0.2) is 42.6 Å². The number of ether oxygens (including phenoxy) is 1. The predicted molar refractivity (Wildman–Crippen MR) is 95.1 cm³/mol. The van der Waals surface area contributed by atoms with Gasteiger partial charge in [-0.15, -0.1) is 0 Å². The minimum atomic E-state index is -0.982. The summed E-state index contributed by atoms with van der Waals surface area (Å²) in [4.78, 5) is 18.5. The van der Waals surface area contributed by atoms with Crippen molar-refractivity contribution in [1.82, 2.24) is 9.88 Å². The number of carbonyl (C=O) groups excluding carboxylic acids is 1. The summed E-state index contributed by atoms with van der Waals surface area (Å²) >= 11 is 0. The fraction of sp³-hybridized carbons (Fsp3) is 0.400. The van der Waals surface area contributed by atoms with Crippen LogP contribution in [0.5, 0.6) is 0 Å². The number of halogens is 1. The normalized spacial score (nSPS) is 20.2. The molecule has 0 radical (unpaired) electrons. The number of rotatable bonds is 5. The molecule has 2 heterocycles. The summed E-state index contributed by atoms with van der Waals surface area (Å²) in [5.74, 6) is -0.370. The predicted octanol–water partition coefficient (Wildman–Crippen LogP) is 1.90. The van der Waals surface area contributed by atoms with E-state index in [9.17, 15) is 14.3 Å². The Hall–Kier alpha value is -2.31. The van der Waals surface area contributed by atoms with Crippen molar-refractivity contribution in [3.63, 3.8) is 0 Å². The summed E-state index contributed by atoms with van der Waals surface area (Å²) in [6.07, 6.45) is 2.17. The number of morpholine rings is 1. The summed E-state index contributed by atoms with van der Waals surface area (Å²) in [7, 11) is 0. The zero-order valence-corrected chi connectivity index (χ0v) is 14.8. The second-order valence-electron chi connectivity index (χ2n) is 6.76. The minimum Gasteiger partial charge on any atom is -0.393 e. The molecule has 1 aromatic heterocycles. The molecule has 1 unspecified atom stereocenters. The van der Waals surface area contributed by atoms with E-state index in [1.54, 1.807) is 29.3 Å². The minimum absolute atomic E-state index is 0.0368. The second-order valence-corrected chi connectivity index (χ2v) is 6.76. The van der Waals surface area contributed by atoms with Gasteiger partial charge in [0, 0.05) is 24.9 Å². The van der Waals surface area contributed by atoms with Gasteiger partial charge in [-0.3, -0.25) is 9.78 Å². The highest BCUT2D eigenvalue weighted by Crippen LogP contribution is 2.25. The molecule has 1 atom stereocenters. The van der Waals surface area contributed by atoms with Crippen molar-refractivity contribution < 1.29 is 19.0 Å². The number of amides is 1. The topological polar surface area (TPSA) is 62.7 Å². The van der Waals surface area contributed by atoms with Crippen molar-refractivity contribution in [2.24, 2.45) is 0 Å². The third kappa shape index (κ3) is 4.26. The molecule has 0 spiro atoms. The summed E-state index contributed by atoms with van der Waals surface area (Å²) in [6, 6.07) is 10.1. The highest BCUT2D eigenvalue weighted by molar-refractivity contribution is 5.79. The third-order valence-corrected chi connectivity index (χ3v) is 4.68. The monoisotopic (exact) mass is 358 g/mol. The highest BCUT2D eigenvalue weighted by atomic mass is 19.1. The van der Waals surface area contributed by atoms with Crippen LogP contribution in [0.25, 0.3) is 0 Å². The molecule has 1 fully saturated rings. The number of aliphatic hydroxyl groups is 1. The summed E-state index contributed by atoms with van der Waals surface area (Å²) in [5.41, 5.74) is 1.25. The number of benzene rings is 1. The third-order valence-electron chi connectivity index (χ3n) is 4.68. The van der Waals surface area contributed by atoms with Gasteiger partial charge in [0.2, 0.25) is 5.91 Å². The number of pyridine rings is 1. The Kier molecular flexibility index (Phi) is 5.64. The number of hydrogen-bond acceptors (Lipinski definition) is 4. The van der Waals surface area contributed by atoms with Gasteiger partial charge in [-0.2, -0.15) is 0 Å². The number of nitrogens with zero attached hydrogens (tertiary/aromatic N) is 2. The summed E-state index contributed by atoms with van der Waals surface area (Å²) in [5, 5.41) is 9.93. The molecule has 6 heteroatoms. The maximum atomic E-state index is 14.0. The standard InChI is InChI=1S/C20H23FN2O3/c1-15-10-16(6-7-22-15)11-19(25)23-8-9-26-20(13-23,14-24)12-17-4-2-3-5-18(17)21/h2-7,10,24H,8-9,11-14H2,1H3. The van der Waals surface area contributed by atoms with E-state index in [4.69, 9.17) is 4.74 Å². The van der Waals surface area contributed by atoms with Crippen LogP contribution in [0.4, 0.5) is 4.39 Å². The molecule has 1 aliphatic rings. The first-order valence-corrected chi connectivity index (χ1v) is 8.69. The molecule has 0 bridgehead atoms. The Morgan fingerprint density at radius 1 is 1.38 bits per heavy atom. The average molecular weight is 358 g/mol. The summed E-state index contributed by atoms with van der Waals surface area (Å²) in [6.45, 7) is 2.62. The zero-order chi connectivity index (χ0) is 18.6. The van der Waals surface area contributed by atoms with E-state index in [0.717, 1.165) is 11.3 Å². The van der Waals surface area contributed by atoms with Crippen molar-refractivity contribution in [2.45, 2.75) is 25.4 Å².